The van der Waals surface area contributed by atoms with Crippen LogP contribution in [0.15, 0.2) is 86.9 Å². The number of unbranched alkanes of at least 4 members (excludes halogenated alkanes) is 1. The van der Waals surface area contributed by atoms with Crippen molar-refractivity contribution in [3.8, 4) is 5.75 Å². The Balaban J connectivity index is 1.69. The summed E-state index contributed by atoms with van der Waals surface area (Å²) in [5.74, 6) is -0.627. The minimum Gasteiger partial charge on any atom is -0.425 e. The molecule has 37 heavy (non-hydrogen) atoms. The lowest BCUT2D eigenvalue weighted by Gasteiger charge is -2.19. The van der Waals surface area contributed by atoms with Gasteiger partial charge in [0.05, 0.1) is 4.90 Å². The molecule has 1 heterocycles. The van der Waals surface area contributed by atoms with E-state index >= 15 is 0 Å². The third-order valence-electron chi connectivity index (χ3n) is 6.18. The van der Waals surface area contributed by atoms with Crippen LogP contribution in [0.25, 0.3) is 11.0 Å². The molecule has 0 radical (unpaired) electrons. The topological polar surface area (TPSA) is 103 Å². The van der Waals surface area contributed by atoms with Gasteiger partial charge >= 0.3 is 11.6 Å². The smallest absolute Gasteiger partial charge is 0.336 e. The van der Waals surface area contributed by atoms with Crippen LogP contribution in [0.5, 0.6) is 5.75 Å². The molecule has 0 aliphatic heterocycles. The van der Waals surface area contributed by atoms with Gasteiger partial charge in [-0.3, -0.25) is 0 Å². The zero-order valence-corrected chi connectivity index (χ0v) is 21.8. The Morgan fingerprint density at radius 3 is 2.38 bits per heavy atom. The lowest BCUT2D eigenvalue weighted by molar-refractivity contribution is -0.136. The normalized spacial score (nSPS) is 12.4. The maximum absolute atomic E-state index is 13.4. The number of esters is 1. The number of fused-ring (bicyclic) bond motifs is 1. The van der Waals surface area contributed by atoms with Gasteiger partial charge in [-0.15, -0.1) is 0 Å². The molecular formula is C29H29NO6S. The van der Waals surface area contributed by atoms with Crippen LogP contribution >= 0.6 is 0 Å². The number of carbonyl (C=O) groups is 1. The number of aryl methyl sites for hydroxylation is 3. The van der Waals surface area contributed by atoms with Crippen molar-refractivity contribution in [2.45, 2.75) is 51.0 Å². The van der Waals surface area contributed by atoms with Crippen LogP contribution in [0, 0.1) is 13.8 Å². The first-order valence-electron chi connectivity index (χ1n) is 12.1. The lowest BCUT2D eigenvalue weighted by atomic mass is 10.0. The Hall–Kier alpha value is -3.75. The second-order valence-corrected chi connectivity index (χ2v) is 10.7. The second kappa shape index (κ2) is 11.1. The Bertz CT molecular complexity index is 1580. The van der Waals surface area contributed by atoms with Crippen molar-refractivity contribution >= 4 is 27.0 Å². The molecule has 0 amide bonds. The van der Waals surface area contributed by atoms with E-state index in [9.17, 15) is 18.0 Å². The Kier molecular flexibility index (Phi) is 7.90. The molecule has 0 spiro atoms. The van der Waals surface area contributed by atoms with Gasteiger partial charge in [0.25, 0.3) is 0 Å². The highest BCUT2D eigenvalue weighted by atomic mass is 32.2. The third kappa shape index (κ3) is 5.98. The number of hydrogen-bond acceptors (Lipinski definition) is 6. The van der Waals surface area contributed by atoms with E-state index in [1.165, 1.54) is 18.2 Å². The van der Waals surface area contributed by atoms with E-state index in [0.717, 1.165) is 35.8 Å². The molecule has 7 nitrogen and oxygen atoms in total. The molecule has 0 aliphatic carbocycles. The van der Waals surface area contributed by atoms with Crippen molar-refractivity contribution in [1.82, 2.24) is 4.72 Å². The fourth-order valence-corrected chi connectivity index (χ4v) is 5.27. The molecular weight excluding hydrogens is 490 g/mol. The van der Waals surface area contributed by atoms with E-state index in [4.69, 9.17) is 9.15 Å². The van der Waals surface area contributed by atoms with Crippen LogP contribution in [-0.4, -0.2) is 14.4 Å². The van der Waals surface area contributed by atoms with Gasteiger partial charge in [0, 0.05) is 17.0 Å². The molecule has 0 bridgehead atoms. The van der Waals surface area contributed by atoms with E-state index < -0.39 is 27.7 Å². The molecule has 1 aromatic heterocycles. The van der Waals surface area contributed by atoms with E-state index in [0.29, 0.717) is 16.7 Å². The zero-order chi connectivity index (χ0) is 26.6. The number of carbonyl (C=O) groups excluding carboxylic acids is 1. The van der Waals surface area contributed by atoms with Crippen LogP contribution in [0.2, 0.25) is 0 Å². The number of rotatable bonds is 9. The Labute approximate surface area is 216 Å². The number of nitrogens with one attached hydrogen (secondary N) is 1. The molecule has 192 valence electrons. The summed E-state index contributed by atoms with van der Waals surface area (Å²) < 4.78 is 39.9. The van der Waals surface area contributed by atoms with E-state index in [1.807, 2.05) is 6.92 Å². The highest BCUT2D eigenvalue weighted by Crippen LogP contribution is 2.30. The van der Waals surface area contributed by atoms with Crippen LogP contribution in [-0.2, 0) is 21.2 Å². The first-order valence-corrected chi connectivity index (χ1v) is 13.6. The van der Waals surface area contributed by atoms with Crippen molar-refractivity contribution in [3.05, 3.63) is 105 Å². The predicted octanol–water partition coefficient (Wildman–Crippen LogP) is 5.38. The minimum atomic E-state index is -4.04. The summed E-state index contributed by atoms with van der Waals surface area (Å²) in [6.45, 7) is 5.63. The van der Waals surface area contributed by atoms with Crippen molar-refractivity contribution in [2.75, 3.05) is 0 Å². The summed E-state index contributed by atoms with van der Waals surface area (Å²) in [5, 5.41) is 0.782. The fraction of sp³-hybridized carbons (Fsp3) is 0.241. The average Bonchev–Trinajstić information content (AvgIpc) is 2.88. The molecule has 0 saturated carbocycles. The van der Waals surface area contributed by atoms with Gasteiger partial charge in [0.2, 0.25) is 10.0 Å². The summed E-state index contributed by atoms with van der Waals surface area (Å²) in [6, 6.07) is 18.4. The van der Waals surface area contributed by atoms with E-state index in [2.05, 4.69) is 11.6 Å². The second-order valence-electron chi connectivity index (χ2n) is 8.96. The Morgan fingerprint density at radius 1 is 1.00 bits per heavy atom. The number of benzene rings is 3. The number of ether oxygens (including phenoxy) is 1. The maximum atomic E-state index is 13.4. The van der Waals surface area contributed by atoms with Crippen LogP contribution in [0.4, 0.5) is 0 Å². The molecule has 8 heteroatoms. The fourth-order valence-electron chi connectivity index (χ4n) is 4.10. The van der Waals surface area contributed by atoms with Gasteiger partial charge in [0.15, 0.2) is 0 Å². The van der Waals surface area contributed by atoms with Crippen LogP contribution in [0.3, 0.4) is 0 Å². The van der Waals surface area contributed by atoms with Crippen LogP contribution in [0.1, 0.15) is 48.1 Å². The molecule has 0 saturated heterocycles. The van der Waals surface area contributed by atoms with Gasteiger partial charge in [-0.25, -0.2) is 18.0 Å². The summed E-state index contributed by atoms with van der Waals surface area (Å²) >= 11 is 0. The summed E-state index contributed by atoms with van der Waals surface area (Å²) in [7, 11) is -4.04. The van der Waals surface area contributed by atoms with Crippen molar-refractivity contribution in [2.24, 2.45) is 0 Å². The van der Waals surface area contributed by atoms with E-state index in [-0.39, 0.29) is 10.6 Å². The highest BCUT2D eigenvalue weighted by Gasteiger charge is 2.29. The molecule has 4 rings (SSSR count). The monoisotopic (exact) mass is 519 g/mol. The first-order chi connectivity index (χ1) is 17.7. The average molecular weight is 520 g/mol. The Morgan fingerprint density at radius 2 is 1.70 bits per heavy atom. The quantitative estimate of drug-likeness (QED) is 0.181. The summed E-state index contributed by atoms with van der Waals surface area (Å²) in [6.07, 6.45) is 2.64. The zero-order valence-electron chi connectivity index (χ0n) is 21.0. The maximum Gasteiger partial charge on any atom is 0.336 e. The van der Waals surface area contributed by atoms with Crippen molar-refractivity contribution < 1.29 is 22.4 Å². The van der Waals surface area contributed by atoms with E-state index in [1.54, 1.807) is 61.5 Å². The lowest BCUT2D eigenvalue weighted by Crippen LogP contribution is -2.36. The summed E-state index contributed by atoms with van der Waals surface area (Å²) in [5.41, 5.74) is 2.57. The molecule has 4 aromatic rings. The standard InChI is InChI=1S/C29H29NO6S/c1-4-5-9-22-18-26(31)36-28-20(3)25(17-16-24(22)28)35-29(32)27(21-10-7-6-8-11-21)30-37(33,34)23-14-12-19(2)13-15-23/h6-8,10-18,27,30H,4-5,9H2,1-3H3/t27-/m0/s1. The molecule has 0 aliphatic rings. The SMILES string of the molecule is CCCCc1cc(=O)oc2c(C)c(OC(=O)[C@@H](NS(=O)(=O)c3ccc(C)cc3)c3ccccc3)ccc12. The first kappa shape index (κ1) is 26.3. The van der Waals surface area contributed by atoms with Gasteiger partial charge in [-0.2, -0.15) is 4.72 Å². The molecule has 3 aromatic carbocycles. The van der Waals surface area contributed by atoms with Gasteiger partial charge in [0.1, 0.15) is 17.4 Å². The summed E-state index contributed by atoms with van der Waals surface area (Å²) in [4.78, 5) is 25.6. The number of hydrogen-bond donors (Lipinski definition) is 1. The molecule has 1 atom stereocenters. The van der Waals surface area contributed by atoms with Gasteiger partial charge < -0.3 is 9.15 Å². The largest absolute Gasteiger partial charge is 0.425 e. The molecule has 1 N–H and O–H groups in total. The van der Waals surface area contributed by atoms with Gasteiger partial charge in [-0.05, 0) is 62.1 Å². The molecule has 0 unspecified atom stereocenters. The van der Waals surface area contributed by atoms with Gasteiger partial charge in [-0.1, -0.05) is 61.4 Å². The predicted molar refractivity (Wildman–Crippen MR) is 142 cm³/mol. The van der Waals surface area contributed by atoms with Crippen molar-refractivity contribution in [3.63, 3.8) is 0 Å². The highest BCUT2D eigenvalue weighted by molar-refractivity contribution is 7.89. The van der Waals surface area contributed by atoms with Crippen molar-refractivity contribution in [1.29, 1.82) is 0 Å². The number of sulfonamides is 1. The third-order valence-corrected chi connectivity index (χ3v) is 7.62. The van der Waals surface area contributed by atoms with Crippen LogP contribution < -0.4 is 15.1 Å². The molecule has 0 fully saturated rings. The minimum absolute atomic E-state index is 0.0371.